The van der Waals surface area contributed by atoms with Gasteiger partial charge in [-0.2, -0.15) is 0 Å². The van der Waals surface area contributed by atoms with Crippen LogP contribution in [0.4, 0.5) is 4.39 Å². The molecule has 0 saturated carbocycles. The largest absolute Gasteiger partial charge is 0.384 e. The van der Waals surface area contributed by atoms with Crippen LogP contribution in [0.25, 0.3) is 11.1 Å². The van der Waals surface area contributed by atoms with Crippen LogP contribution in [0.15, 0.2) is 42.5 Å². The summed E-state index contributed by atoms with van der Waals surface area (Å²) in [5, 5.41) is 3.08. The third kappa shape index (κ3) is 3.65. The second kappa shape index (κ2) is 7.17. The summed E-state index contributed by atoms with van der Waals surface area (Å²) in [6.07, 6.45) is 0.874. The van der Waals surface area contributed by atoms with Crippen molar-refractivity contribution in [2.24, 2.45) is 0 Å². The van der Waals surface area contributed by atoms with E-state index in [2.05, 4.69) is 5.32 Å². The molecule has 2 aromatic rings. The first-order valence-corrected chi connectivity index (χ1v) is 6.76. The first-order valence-electron chi connectivity index (χ1n) is 6.76. The lowest BCUT2D eigenvalue weighted by Crippen LogP contribution is -2.05. The van der Waals surface area contributed by atoms with Gasteiger partial charge in [-0.05, 0) is 42.3 Å². The van der Waals surface area contributed by atoms with Gasteiger partial charge in [0.25, 0.3) is 0 Å². The lowest BCUT2D eigenvalue weighted by molar-refractivity contribution is 0.202. The average Bonchev–Trinajstić information content (AvgIpc) is 2.48. The molecule has 1 N–H and O–H groups in total. The van der Waals surface area contributed by atoms with Crippen LogP contribution in [0.3, 0.4) is 0 Å². The third-order valence-corrected chi connectivity index (χ3v) is 3.27. The highest BCUT2D eigenvalue weighted by Crippen LogP contribution is 2.24. The summed E-state index contributed by atoms with van der Waals surface area (Å²) < 4.78 is 19.0. The maximum atomic E-state index is 14.0. The Labute approximate surface area is 119 Å². The molecule has 2 rings (SSSR count). The lowest BCUT2D eigenvalue weighted by Gasteiger charge is -2.08. The van der Waals surface area contributed by atoms with Gasteiger partial charge in [0.15, 0.2) is 0 Å². The van der Waals surface area contributed by atoms with E-state index in [1.54, 1.807) is 7.11 Å². The zero-order valence-corrected chi connectivity index (χ0v) is 11.9. The van der Waals surface area contributed by atoms with Crippen molar-refractivity contribution in [3.63, 3.8) is 0 Å². The Bertz CT molecular complexity index is 551. The highest BCUT2D eigenvalue weighted by atomic mass is 19.1. The van der Waals surface area contributed by atoms with E-state index in [-0.39, 0.29) is 5.82 Å². The molecule has 0 bridgehead atoms. The Hall–Kier alpha value is -1.71. The van der Waals surface area contributed by atoms with Crippen LogP contribution in [0.2, 0.25) is 0 Å². The molecule has 20 heavy (non-hydrogen) atoms. The molecule has 0 fully saturated rings. The second-order valence-electron chi connectivity index (χ2n) is 4.78. The van der Waals surface area contributed by atoms with Crippen LogP contribution in [-0.4, -0.2) is 20.8 Å². The van der Waals surface area contributed by atoms with Gasteiger partial charge in [0.05, 0.1) is 6.61 Å². The van der Waals surface area contributed by atoms with Gasteiger partial charge >= 0.3 is 0 Å². The standard InChI is InChI=1S/C17H20FNO/c1-19-12-14-5-8-17(18)16(11-14)15-6-3-13(4-7-15)9-10-20-2/h3-8,11,19H,9-10,12H2,1-2H3. The van der Waals surface area contributed by atoms with Crippen LogP contribution >= 0.6 is 0 Å². The van der Waals surface area contributed by atoms with Gasteiger partial charge in [-0.1, -0.05) is 30.3 Å². The van der Waals surface area contributed by atoms with Crippen molar-refractivity contribution < 1.29 is 9.13 Å². The normalized spacial score (nSPS) is 10.8. The summed E-state index contributed by atoms with van der Waals surface area (Å²) in [5.41, 5.74) is 3.83. The number of ether oxygens (including phenoxy) is 1. The predicted molar refractivity (Wildman–Crippen MR) is 80.2 cm³/mol. The van der Waals surface area contributed by atoms with Gasteiger partial charge in [0, 0.05) is 19.2 Å². The zero-order valence-electron chi connectivity index (χ0n) is 11.9. The van der Waals surface area contributed by atoms with Gasteiger partial charge in [-0.25, -0.2) is 4.39 Å². The summed E-state index contributed by atoms with van der Waals surface area (Å²) in [6, 6.07) is 13.2. The van der Waals surface area contributed by atoms with E-state index in [0.717, 1.165) is 24.1 Å². The van der Waals surface area contributed by atoms with E-state index in [9.17, 15) is 4.39 Å². The lowest BCUT2D eigenvalue weighted by atomic mass is 10.0. The molecular weight excluding hydrogens is 253 g/mol. The molecule has 3 heteroatoms. The molecule has 2 nitrogen and oxygen atoms in total. The number of nitrogens with one attached hydrogen (secondary N) is 1. The van der Waals surface area contributed by atoms with Gasteiger partial charge in [-0.15, -0.1) is 0 Å². The minimum absolute atomic E-state index is 0.186. The van der Waals surface area contributed by atoms with Gasteiger partial charge in [0.1, 0.15) is 5.82 Å². The highest BCUT2D eigenvalue weighted by Gasteiger charge is 2.06. The fourth-order valence-electron chi connectivity index (χ4n) is 2.18. The molecular formula is C17H20FNO. The molecule has 0 aliphatic carbocycles. The second-order valence-corrected chi connectivity index (χ2v) is 4.78. The number of methoxy groups -OCH3 is 1. The first-order chi connectivity index (χ1) is 9.74. The van der Waals surface area contributed by atoms with E-state index in [1.165, 1.54) is 11.6 Å². The maximum Gasteiger partial charge on any atom is 0.131 e. The highest BCUT2D eigenvalue weighted by molar-refractivity contribution is 5.65. The summed E-state index contributed by atoms with van der Waals surface area (Å²) in [7, 11) is 3.57. The topological polar surface area (TPSA) is 21.3 Å². The average molecular weight is 273 g/mol. The van der Waals surface area contributed by atoms with Crippen molar-refractivity contribution >= 4 is 0 Å². The molecule has 0 aliphatic heterocycles. The molecule has 0 spiro atoms. The molecule has 106 valence electrons. The van der Waals surface area contributed by atoms with Crippen LogP contribution in [0, 0.1) is 5.82 Å². The van der Waals surface area contributed by atoms with Crippen molar-refractivity contribution in [2.75, 3.05) is 20.8 Å². The molecule has 0 amide bonds. The molecule has 0 saturated heterocycles. The molecule has 2 aromatic carbocycles. The fourth-order valence-corrected chi connectivity index (χ4v) is 2.18. The number of rotatable bonds is 6. The van der Waals surface area contributed by atoms with Crippen molar-refractivity contribution in [3.05, 3.63) is 59.4 Å². The van der Waals surface area contributed by atoms with Crippen molar-refractivity contribution in [2.45, 2.75) is 13.0 Å². The molecule has 0 aliphatic rings. The summed E-state index contributed by atoms with van der Waals surface area (Å²) in [6.45, 7) is 1.44. The number of halogens is 1. The van der Waals surface area contributed by atoms with E-state index >= 15 is 0 Å². The predicted octanol–water partition coefficient (Wildman–Crippen LogP) is 3.40. The first kappa shape index (κ1) is 14.7. The maximum absolute atomic E-state index is 14.0. The minimum Gasteiger partial charge on any atom is -0.384 e. The Morgan fingerprint density at radius 3 is 2.40 bits per heavy atom. The Morgan fingerprint density at radius 1 is 1.05 bits per heavy atom. The quantitative estimate of drug-likeness (QED) is 0.871. The summed E-state index contributed by atoms with van der Waals surface area (Å²) in [4.78, 5) is 0. The van der Waals surface area contributed by atoms with E-state index in [1.807, 2.05) is 43.4 Å². The molecule has 0 aromatic heterocycles. The Balaban J connectivity index is 2.24. The molecule has 0 unspecified atom stereocenters. The van der Waals surface area contributed by atoms with Crippen LogP contribution in [0.1, 0.15) is 11.1 Å². The fraction of sp³-hybridized carbons (Fsp3) is 0.294. The van der Waals surface area contributed by atoms with E-state index in [4.69, 9.17) is 4.74 Å². The van der Waals surface area contributed by atoms with Crippen LogP contribution in [0.5, 0.6) is 0 Å². The van der Waals surface area contributed by atoms with Crippen molar-refractivity contribution in [1.82, 2.24) is 5.32 Å². The van der Waals surface area contributed by atoms with E-state index < -0.39 is 0 Å². The van der Waals surface area contributed by atoms with Crippen molar-refractivity contribution in [3.8, 4) is 11.1 Å². The monoisotopic (exact) mass is 273 g/mol. The Morgan fingerprint density at radius 2 is 1.75 bits per heavy atom. The summed E-state index contributed by atoms with van der Waals surface area (Å²) in [5.74, 6) is -0.186. The Kier molecular flexibility index (Phi) is 5.27. The number of hydrogen-bond acceptors (Lipinski definition) is 2. The number of hydrogen-bond donors (Lipinski definition) is 1. The van der Waals surface area contributed by atoms with Crippen LogP contribution in [-0.2, 0) is 17.7 Å². The van der Waals surface area contributed by atoms with Gasteiger partial charge in [0.2, 0.25) is 0 Å². The van der Waals surface area contributed by atoms with Crippen molar-refractivity contribution in [1.29, 1.82) is 0 Å². The van der Waals surface area contributed by atoms with Crippen LogP contribution < -0.4 is 5.32 Å². The van der Waals surface area contributed by atoms with Gasteiger partial charge in [-0.3, -0.25) is 0 Å². The molecule has 0 heterocycles. The molecule has 0 atom stereocenters. The molecule has 0 radical (unpaired) electrons. The smallest absolute Gasteiger partial charge is 0.131 e. The summed E-state index contributed by atoms with van der Waals surface area (Å²) >= 11 is 0. The SMILES string of the molecule is CNCc1ccc(F)c(-c2ccc(CCOC)cc2)c1. The third-order valence-electron chi connectivity index (χ3n) is 3.27. The van der Waals surface area contributed by atoms with E-state index in [0.29, 0.717) is 12.2 Å². The van der Waals surface area contributed by atoms with Gasteiger partial charge < -0.3 is 10.1 Å². The minimum atomic E-state index is -0.186. The number of benzene rings is 2. The zero-order chi connectivity index (χ0) is 14.4.